The number of hydrogen-bond acceptors (Lipinski definition) is 4. The number of carbonyl (C=O) groups is 3. The molecule has 0 saturated heterocycles. The van der Waals surface area contributed by atoms with Gasteiger partial charge in [-0.1, -0.05) is 12.8 Å². The lowest BCUT2D eigenvalue weighted by atomic mass is 10.00. The van der Waals surface area contributed by atoms with Crippen molar-refractivity contribution >= 4 is 28.9 Å². The molecule has 0 bridgehead atoms. The van der Waals surface area contributed by atoms with Crippen LogP contribution in [0.2, 0.25) is 0 Å². The molecule has 1 aliphatic carbocycles. The highest BCUT2D eigenvalue weighted by Crippen LogP contribution is 2.28. The van der Waals surface area contributed by atoms with Crippen LogP contribution in [0, 0.1) is 0 Å². The number of thiophene rings is 1. The summed E-state index contributed by atoms with van der Waals surface area (Å²) in [7, 11) is 0. The fourth-order valence-electron chi connectivity index (χ4n) is 2.93. The number of aryl methyl sites for hydroxylation is 2. The van der Waals surface area contributed by atoms with Gasteiger partial charge in [0.15, 0.2) is 5.78 Å². The first-order valence-electron chi connectivity index (χ1n) is 8.46. The number of rotatable bonds is 3. The SMILES string of the molecule is CC(=O)c1c[nH]c(C(=O)NNC(=O)c2cc3c(s2)CCCCCC3)c1. The van der Waals surface area contributed by atoms with Crippen LogP contribution in [0.4, 0.5) is 0 Å². The highest BCUT2D eigenvalue weighted by Gasteiger charge is 2.17. The first-order chi connectivity index (χ1) is 12.0. The van der Waals surface area contributed by atoms with E-state index in [9.17, 15) is 14.4 Å². The number of amides is 2. The molecule has 0 atom stereocenters. The molecular weight excluding hydrogens is 338 g/mol. The Morgan fingerprint density at radius 2 is 1.72 bits per heavy atom. The minimum absolute atomic E-state index is 0.129. The highest BCUT2D eigenvalue weighted by atomic mass is 32.1. The fourth-order valence-corrected chi connectivity index (χ4v) is 4.08. The summed E-state index contributed by atoms with van der Waals surface area (Å²) in [6, 6.07) is 3.40. The predicted octanol–water partition coefficient (Wildman–Crippen LogP) is 3.01. The summed E-state index contributed by atoms with van der Waals surface area (Å²) in [4.78, 5) is 40.2. The molecule has 6 nitrogen and oxygen atoms in total. The van der Waals surface area contributed by atoms with Crippen molar-refractivity contribution < 1.29 is 14.4 Å². The molecule has 3 N–H and O–H groups in total. The van der Waals surface area contributed by atoms with Gasteiger partial charge in [0.05, 0.1) is 4.88 Å². The molecule has 0 radical (unpaired) electrons. The van der Waals surface area contributed by atoms with Crippen molar-refractivity contribution in [3.05, 3.63) is 44.9 Å². The lowest BCUT2D eigenvalue weighted by Crippen LogP contribution is -2.41. The molecule has 132 valence electrons. The molecular formula is C18H21N3O3S. The van der Waals surface area contributed by atoms with E-state index in [-0.39, 0.29) is 17.4 Å². The Balaban J connectivity index is 1.61. The van der Waals surface area contributed by atoms with Gasteiger partial charge in [-0.05, 0) is 50.3 Å². The molecule has 2 aromatic rings. The number of aromatic nitrogens is 1. The summed E-state index contributed by atoms with van der Waals surface area (Å²) in [6.45, 7) is 1.43. The standard InChI is InChI=1S/C18H21N3O3S/c1-11(22)13-8-14(19-10-13)17(23)20-21-18(24)16-9-12-6-4-2-3-5-7-15(12)25-16/h8-10,19H,2-7H2,1H3,(H,20,23)(H,21,24). The number of ketones is 1. The van der Waals surface area contributed by atoms with Gasteiger partial charge in [-0.2, -0.15) is 0 Å². The summed E-state index contributed by atoms with van der Waals surface area (Å²) in [6.07, 6.45) is 8.32. The topological polar surface area (TPSA) is 91.1 Å². The van der Waals surface area contributed by atoms with E-state index in [1.54, 1.807) is 0 Å². The zero-order valence-electron chi connectivity index (χ0n) is 14.1. The minimum Gasteiger partial charge on any atom is -0.356 e. The van der Waals surface area contributed by atoms with Crippen molar-refractivity contribution in [3.63, 3.8) is 0 Å². The van der Waals surface area contributed by atoms with Crippen LogP contribution in [0.1, 0.15) is 73.6 Å². The van der Waals surface area contributed by atoms with Gasteiger partial charge in [0.2, 0.25) is 0 Å². The zero-order chi connectivity index (χ0) is 17.8. The second-order valence-corrected chi connectivity index (χ2v) is 7.38. The second kappa shape index (κ2) is 7.65. The van der Waals surface area contributed by atoms with Crippen molar-refractivity contribution in [2.75, 3.05) is 0 Å². The second-order valence-electron chi connectivity index (χ2n) is 6.24. The number of carbonyl (C=O) groups excluding carboxylic acids is 3. The number of aromatic amines is 1. The van der Waals surface area contributed by atoms with Crippen LogP contribution in [0.5, 0.6) is 0 Å². The van der Waals surface area contributed by atoms with Crippen LogP contribution in [0.15, 0.2) is 18.3 Å². The van der Waals surface area contributed by atoms with Gasteiger partial charge in [-0.25, -0.2) is 0 Å². The van der Waals surface area contributed by atoms with E-state index < -0.39 is 5.91 Å². The van der Waals surface area contributed by atoms with Crippen molar-refractivity contribution in [1.29, 1.82) is 0 Å². The summed E-state index contributed by atoms with van der Waals surface area (Å²) in [5, 5.41) is 0. The van der Waals surface area contributed by atoms with Crippen LogP contribution in [0.25, 0.3) is 0 Å². The zero-order valence-corrected chi connectivity index (χ0v) is 14.9. The number of fused-ring (bicyclic) bond motifs is 1. The number of Topliss-reactive ketones (excluding diaryl/α,β-unsaturated/α-hetero) is 1. The van der Waals surface area contributed by atoms with Gasteiger partial charge in [0.25, 0.3) is 11.8 Å². The maximum absolute atomic E-state index is 12.3. The maximum Gasteiger partial charge on any atom is 0.286 e. The Labute approximate surface area is 150 Å². The van der Waals surface area contributed by atoms with Crippen molar-refractivity contribution in [2.45, 2.75) is 45.4 Å². The fraction of sp³-hybridized carbons (Fsp3) is 0.389. The Morgan fingerprint density at radius 3 is 2.44 bits per heavy atom. The third kappa shape index (κ3) is 4.17. The van der Waals surface area contributed by atoms with E-state index in [0.717, 1.165) is 25.7 Å². The van der Waals surface area contributed by atoms with Gasteiger partial charge in [-0.15, -0.1) is 11.3 Å². The predicted molar refractivity (Wildman–Crippen MR) is 95.9 cm³/mol. The van der Waals surface area contributed by atoms with Crippen LogP contribution in [-0.4, -0.2) is 22.6 Å². The first-order valence-corrected chi connectivity index (χ1v) is 9.28. The first kappa shape index (κ1) is 17.4. The van der Waals surface area contributed by atoms with Crippen molar-refractivity contribution in [3.8, 4) is 0 Å². The monoisotopic (exact) mass is 359 g/mol. The Bertz CT molecular complexity index is 781. The molecule has 0 fully saturated rings. The molecule has 2 amide bonds. The molecule has 0 unspecified atom stereocenters. The average Bonchev–Trinajstić information content (AvgIpc) is 3.20. The molecule has 3 rings (SSSR count). The van der Waals surface area contributed by atoms with Crippen LogP contribution >= 0.6 is 11.3 Å². The molecule has 0 aliphatic heterocycles. The Morgan fingerprint density at radius 1 is 1.00 bits per heavy atom. The summed E-state index contributed by atoms with van der Waals surface area (Å²) < 4.78 is 0. The third-order valence-electron chi connectivity index (χ3n) is 4.34. The molecule has 1 aliphatic rings. The van der Waals surface area contributed by atoms with Crippen molar-refractivity contribution in [2.24, 2.45) is 0 Å². The molecule has 0 aromatic carbocycles. The van der Waals surface area contributed by atoms with Crippen LogP contribution < -0.4 is 10.9 Å². The van der Waals surface area contributed by atoms with Crippen LogP contribution in [-0.2, 0) is 12.8 Å². The largest absolute Gasteiger partial charge is 0.356 e. The van der Waals surface area contributed by atoms with Crippen molar-refractivity contribution in [1.82, 2.24) is 15.8 Å². The van der Waals surface area contributed by atoms with E-state index in [1.165, 1.54) is 53.8 Å². The van der Waals surface area contributed by atoms with E-state index >= 15 is 0 Å². The van der Waals surface area contributed by atoms with E-state index in [2.05, 4.69) is 15.8 Å². The highest BCUT2D eigenvalue weighted by molar-refractivity contribution is 7.14. The van der Waals surface area contributed by atoms with E-state index in [0.29, 0.717) is 10.4 Å². The number of hydrazine groups is 1. The van der Waals surface area contributed by atoms with Gasteiger partial charge in [0, 0.05) is 16.6 Å². The van der Waals surface area contributed by atoms with E-state index in [1.807, 2.05) is 6.07 Å². The van der Waals surface area contributed by atoms with Gasteiger partial charge < -0.3 is 4.98 Å². The summed E-state index contributed by atoms with van der Waals surface area (Å²) in [5.74, 6) is -0.936. The normalized spacial score (nSPS) is 14.1. The van der Waals surface area contributed by atoms with Crippen LogP contribution in [0.3, 0.4) is 0 Å². The molecule has 2 heterocycles. The lowest BCUT2D eigenvalue weighted by molar-refractivity contribution is 0.0846. The summed E-state index contributed by atoms with van der Waals surface area (Å²) in [5.41, 5.74) is 6.74. The maximum atomic E-state index is 12.3. The number of H-pyrrole nitrogens is 1. The minimum atomic E-state index is -0.490. The molecule has 7 heteroatoms. The summed E-state index contributed by atoms with van der Waals surface area (Å²) >= 11 is 1.51. The molecule has 0 spiro atoms. The quantitative estimate of drug-likeness (QED) is 0.581. The van der Waals surface area contributed by atoms with Gasteiger partial charge in [-0.3, -0.25) is 25.2 Å². The van der Waals surface area contributed by atoms with Gasteiger partial charge >= 0.3 is 0 Å². The molecule has 0 saturated carbocycles. The Hall–Kier alpha value is -2.41. The molecule has 2 aromatic heterocycles. The lowest BCUT2D eigenvalue weighted by Gasteiger charge is -2.07. The third-order valence-corrected chi connectivity index (χ3v) is 5.58. The number of hydrogen-bond donors (Lipinski definition) is 3. The molecule has 25 heavy (non-hydrogen) atoms. The van der Waals surface area contributed by atoms with E-state index in [4.69, 9.17) is 0 Å². The average molecular weight is 359 g/mol. The van der Waals surface area contributed by atoms with Gasteiger partial charge in [0.1, 0.15) is 5.69 Å². The number of nitrogens with one attached hydrogen (secondary N) is 3. The Kier molecular flexibility index (Phi) is 5.33. The smallest absolute Gasteiger partial charge is 0.286 e.